The molecule has 1 N–H and O–H groups in total. The summed E-state index contributed by atoms with van der Waals surface area (Å²) in [7, 11) is -4.81. The molecule has 14 heteroatoms. The molecule has 0 bridgehead atoms. The maximum absolute atomic E-state index is 13.7. The lowest BCUT2D eigenvalue weighted by molar-refractivity contribution is -0.387. The standard InChI is InChI=1S/C14H7F5N2O6S/c1-5(22)20-28(25,26)8-4-6(2-3-7(8)21(23)24)27-14-12(18)10(16)9(15)11(17)13(14)19/h2-4H,1H3,(H,20,22). The van der Waals surface area contributed by atoms with Gasteiger partial charge in [-0.15, -0.1) is 0 Å². The summed E-state index contributed by atoms with van der Waals surface area (Å²) < 4.78 is 96.9. The Morgan fingerprint density at radius 3 is 2.00 bits per heavy atom. The van der Waals surface area contributed by atoms with Crippen molar-refractivity contribution in [3.8, 4) is 11.5 Å². The molecule has 0 atom stereocenters. The molecular weight excluding hydrogens is 419 g/mol. The first-order chi connectivity index (χ1) is 12.9. The highest BCUT2D eigenvalue weighted by molar-refractivity contribution is 7.90. The van der Waals surface area contributed by atoms with Crippen LogP contribution in [0.25, 0.3) is 0 Å². The number of nitrogens with one attached hydrogen (secondary N) is 1. The van der Waals surface area contributed by atoms with Crippen molar-refractivity contribution in [2.45, 2.75) is 11.8 Å². The predicted octanol–water partition coefficient (Wildman–Crippen LogP) is 2.91. The number of hydrogen-bond acceptors (Lipinski definition) is 6. The van der Waals surface area contributed by atoms with Gasteiger partial charge in [-0.05, 0) is 6.07 Å². The van der Waals surface area contributed by atoms with E-state index in [1.54, 1.807) is 0 Å². The number of ether oxygens (including phenoxy) is 1. The Kier molecular flexibility index (Phi) is 5.54. The Labute approximate surface area is 152 Å². The molecule has 0 spiro atoms. The number of nitro groups is 1. The maximum atomic E-state index is 13.7. The van der Waals surface area contributed by atoms with Crippen LogP contribution < -0.4 is 9.46 Å². The van der Waals surface area contributed by atoms with Crippen molar-refractivity contribution in [1.29, 1.82) is 0 Å². The summed E-state index contributed by atoms with van der Waals surface area (Å²) in [5.74, 6) is -15.5. The lowest BCUT2D eigenvalue weighted by Gasteiger charge is -2.11. The molecule has 0 radical (unpaired) electrons. The topological polar surface area (TPSA) is 116 Å². The zero-order chi connectivity index (χ0) is 21.4. The SMILES string of the molecule is CC(=O)NS(=O)(=O)c1cc(Oc2c(F)c(F)c(F)c(F)c2F)ccc1[N+](=O)[O-]. The number of halogens is 5. The first kappa shape index (κ1) is 21.0. The third kappa shape index (κ3) is 3.85. The lowest BCUT2D eigenvalue weighted by atomic mass is 10.2. The first-order valence-electron chi connectivity index (χ1n) is 6.88. The average Bonchev–Trinajstić information content (AvgIpc) is 2.60. The zero-order valence-corrected chi connectivity index (χ0v) is 14.2. The molecule has 2 aromatic carbocycles. The summed E-state index contributed by atoms with van der Waals surface area (Å²) in [4.78, 5) is 19.7. The van der Waals surface area contributed by atoms with Crippen molar-refractivity contribution in [2.24, 2.45) is 0 Å². The normalized spacial score (nSPS) is 11.2. The van der Waals surface area contributed by atoms with Crippen LogP contribution in [-0.4, -0.2) is 19.2 Å². The van der Waals surface area contributed by atoms with Gasteiger partial charge in [-0.1, -0.05) is 0 Å². The van der Waals surface area contributed by atoms with Gasteiger partial charge in [0, 0.05) is 19.1 Å². The van der Waals surface area contributed by atoms with E-state index in [9.17, 15) is 45.3 Å². The van der Waals surface area contributed by atoms with Gasteiger partial charge in [-0.3, -0.25) is 14.9 Å². The number of nitrogens with zero attached hydrogens (tertiary/aromatic N) is 1. The van der Waals surface area contributed by atoms with Crippen molar-refractivity contribution in [1.82, 2.24) is 4.72 Å². The molecule has 0 aliphatic carbocycles. The third-order valence-corrected chi connectivity index (χ3v) is 4.55. The van der Waals surface area contributed by atoms with Crippen LogP contribution in [0.2, 0.25) is 0 Å². The van der Waals surface area contributed by atoms with E-state index in [4.69, 9.17) is 0 Å². The molecule has 0 aliphatic heterocycles. The first-order valence-corrected chi connectivity index (χ1v) is 8.36. The minimum atomic E-state index is -4.81. The molecule has 2 rings (SSSR count). The molecule has 0 saturated carbocycles. The molecule has 0 aromatic heterocycles. The van der Waals surface area contributed by atoms with Crippen molar-refractivity contribution in [2.75, 3.05) is 0 Å². The molecule has 8 nitrogen and oxygen atoms in total. The summed E-state index contributed by atoms with van der Waals surface area (Å²) in [6.07, 6.45) is 0. The van der Waals surface area contributed by atoms with Crippen LogP contribution in [0.5, 0.6) is 11.5 Å². The Balaban J connectivity index is 2.63. The summed E-state index contributed by atoms with van der Waals surface area (Å²) in [5, 5.41) is 11.0. The number of hydrogen-bond donors (Lipinski definition) is 1. The van der Waals surface area contributed by atoms with E-state index in [1.807, 2.05) is 0 Å². The number of rotatable bonds is 5. The molecule has 2 aromatic rings. The summed E-state index contributed by atoms with van der Waals surface area (Å²) in [6.45, 7) is 0.790. The largest absolute Gasteiger partial charge is 0.451 e. The fraction of sp³-hybridized carbons (Fsp3) is 0.0714. The van der Waals surface area contributed by atoms with E-state index >= 15 is 0 Å². The van der Waals surface area contributed by atoms with Gasteiger partial charge < -0.3 is 4.74 Å². The van der Waals surface area contributed by atoms with Crippen LogP contribution >= 0.6 is 0 Å². The van der Waals surface area contributed by atoms with Gasteiger partial charge in [-0.2, -0.15) is 8.78 Å². The van der Waals surface area contributed by atoms with Crippen molar-refractivity contribution in [3.63, 3.8) is 0 Å². The fourth-order valence-corrected chi connectivity index (χ4v) is 3.14. The van der Waals surface area contributed by atoms with Crippen LogP contribution in [0.4, 0.5) is 27.6 Å². The molecule has 0 heterocycles. The Morgan fingerprint density at radius 1 is 1.04 bits per heavy atom. The number of benzene rings is 2. The van der Waals surface area contributed by atoms with Crippen LogP contribution in [0, 0.1) is 39.2 Å². The molecule has 1 amide bonds. The highest BCUT2D eigenvalue weighted by atomic mass is 32.2. The average molecular weight is 426 g/mol. The third-order valence-electron chi connectivity index (χ3n) is 3.09. The Bertz CT molecular complexity index is 1080. The molecule has 0 unspecified atom stereocenters. The van der Waals surface area contributed by atoms with Gasteiger partial charge in [0.25, 0.3) is 15.7 Å². The zero-order valence-electron chi connectivity index (χ0n) is 13.4. The smallest absolute Gasteiger partial charge is 0.290 e. The van der Waals surface area contributed by atoms with E-state index in [1.165, 1.54) is 4.72 Å². The number of nitro benzene ring substituents is 1. The van der Waals surface area contributed by atoms with E-state index in [0.29, 0.717) is 18.2 Å². The minimum Gasteiger partial charge on any atom is -0.451 e. The minimum absolute atomic E-state index is 0.376. The van der Waals surface area contributed by atoms with Crippen LogP contribution in [0.3, 0.4) is 0 Å². The van der Waals surface area contributed by atoms with Crippen molar-refractivity contribution >= 4 is 21.6 Å². The van der Waals surface area contributed by atoms with Gasteiger partial charge in [0.1, 0.15) is 5.75 Å². The monoisotopic (exact) mass is 426 g/mol. The second-order valence-electron chi connectivity index (χ2n) is 5.05. The molecular formula is C14H7F5N2O6S. The summed E-state index contributed by atoms with van der Waals surface area (Å²) in [5.41, 5.74) is -1.04. The highest BCUT2D eigenvalue weighted by Gasteiger charge is 2.30. The number of amides is 1. The highest BCUT2D eigenvalue weighted by Crippen LogP contribution is 2.35. The van der Waals surface area contributed by atoms with Gasteiger partial charge in [0.2, 0.25) is 40.7 Å². The summed E-state index contributed by atoms with van der Waals surface area (Å²) in [6, 6.07) is 1.57. The molecule has 150 valence electrons. The number of sulfonamides is 1. The molecule has 0 fully saturated rings. The lowest BCUT2D eigenvalue weighted by Crippen LogP contribution is -2.28. The molecule has 0 aliphatic rings. The van der Waals surface area contributed by atoms with E-state index in [-0.39, 0.29) is 0 Å². The van der Waals surface area contributed by atoms with E-state index in [2.05, 4.69) is 4.74 Å². The van der Waals surface area contributed by atoms with Crippen LogP contribution in [0.1, 0.15) is 6.92 Å². The van der Waals surface area contributed by atoms with Crippen molar-refractivity contribution in [3.05, 3.63) is 57.4 Å². The number of carbonyl (C=O) groups excluding carboxylic acids is 1. The van der Waals surface area contributed by atoms with Gasteiger partial charge in [0.05, 0.1) is 4.92 Å². The van der Waals surface area contributed by atoms with Crippen LogP contribution in [0.15, 0.2) is 23.1 Å². The second-order valence-corrected chi connectivity index (χ2v) is 6.70. The Hall–Kier alpha value is -3.29. The number of carbonyl (C=O) groups is 1. The van der Waals surface area contributed by atoms with Gasteiger partial charge >= 0.3 is 0 Å². The fourth-order valence-electron chi connectivity index (χ4n) is 1.96. The maximum Gasteiger partial charge on any atom is 0.290 e. The van der Waals surface area contributed by atoms with Gasteiger partial charge in [0.15, 0.2) is 4.90 Å². The van der Waals surface area contributed by atoms with E-state index < -0.39 is 72.0 Å². The van der Waals surface area contributed by atoms with E-state index in [0.717, 1.165) is 6.92 Å². The predicted molar refractivity (Wildman–Crippen MR) is 80.4 cm³/mol. The molecule has 0 saturated heterocycles. The van der Waals surface area contributed by atoms with Crippen molar-refractivity contribution < 1.29 is 44.8 Å². The molecule has 28 heavy (non-hydrogen) atoms. The second kappa shape index (κ2) is 7.38. The van der Waals surface area contributed by atoms with Gasteiger partial charge in [-0.25, -0.2) is 26.3 Å². The quantitative estimate of drug-likeness (QED) is 0.258. The Morgan fingerprint density at radius 2 is 1.54 bits per heavy atom. The van der Waals surface area contributed by atoms with Crippen LogP contribution in [-0.2, 0) is 14.8 Å². The summed E-state index contributed by atoms with van der Waals surface area (Å²) >= 11 is 0.